The quantitative estimate of drug-likeness (QED) is 0.693. The second kappa shape index (κ2) is 7.33. The van der Waals surface area contributed by atoms with Crippen molar-refractivity contribution < 1.29 is 19.8 Å². The fourth-order valence-corrected chi connectivity index (χ4v) is 1.64. The fraction of sp³-hybridized carbons (Fsp3) is 0.286. The van der Waals surface area contributed by atoms with E-state index >= 15 is 0 Å². The van der Waals surface area contributed by atoms with Gasteiger partial charge >= 0.3 is 11.9 Å². The highest BCUT2D eigenvalue weighted by molar-refractivity contribution is 5.76. The van der Waals surface area contributed by atoms with Crippen LogP contribution in [0.5, 0.6) is 0 Å². The summed E-state index contributed by atoms with van der Waals surface area (Å²) in [4.78, 5) is 21.6. The molecule has 19 heavy (non-hydrogen) atoms. The van der Waals surface area contributed by atoms with Crippen LogP contribution in [0.15, 0.2) is 36.4 Å². The Morgan fingerprint density at radius 3 is 2.32 bits per heavy atom. The molecule has 0 bridgehead atoms. The number of aliphatic carboxylic acids is 2. The minimum atomic E-state index is -1.18. The summed E-state index contributed by atoms with van der Waals surface area (Å²) in [6.07, 6.45) is 3.71. The number of benzene rings is 1. The topological polar surface area (TPSA) is 101 Å². The largest absolute Gasteiger partial charge is 0.481 e. The van der Waals surface area contributed by atoms with E-state index in [1.807, 2.05) is 36.4 Å². The van der Waals surface area contributed by atoms with E-state index in [9.17, 15) is 9.59 Å². The van der Waals surface area contributed by atoms with Crippen molar-refractivity contribution in [2.75, 3.05) is 0 Å². The summed E-state index contributed by atoms with van der Waals surface area (Å²) in [6.45, 7) is 0. The number of hydrogen-bond donors (Lipinski definition) is 3. The lowest BCUT2D eigenvalue weighted by atomic mass is 9.96. The molecule has 0 aliphatic rings. The van der Waals surface area contributed by atoms with E-state index in [0.717, 1.165) is 5.56 Å². The molecular formula is C14H17NO4. The number of rotatable bonds is 7. The fourth-order valence-electron chi connectivity index (χ4n) is 1.64. The number of carboxylic acids is 2. The summed E-state index contributed by atoms with van der Waals surface area (Å²) in [5, 5.41) is 17.7. The van der Waals surface area contributed by atoms with Crippen LogP contribution in [-0.4, -0.2) is 28.2 Å². The Hall–Kier alpha value is -2.14. The van der Waals surface area contributed by atoms with Crippen molar-refractivity contribution in [2.45, 2.75) is 18.9 Å². The van der Waals surface area contributed by atoms with Crippen molar-refractivity contribution in [3.05, 3.63) is 42.0 Å². The summed E-state index contributed by atoms with van der Waals surface area (Å²) in [6, 6.07) is 8.31. The van der Waals surface area contributed by atoms with Crippen molar-refractivity contribution in [3.63, 3.8) is 0 Å². The molecule has 0 aromatic heterocycles. The van der Waals surface area contributed by atoms with E-state index in [1.54, 1.807) is 6.08 Å². The molecule has 5 heteroatoms. The molecule has 2 atom stereocenters. The zero-order valence-electron chi connectivity index (χ0n) is 10.4. The van der Waals surface area contributed by atoms with Gasteiger partial charge in [0, 0.05) is 0 Å². The van der Waals surface area contributed by atoms with Gasteiger partial charge in [-0.1, -0.05) is 42.5 Å². The normalized spacial score (nSPS) is 14.2. The van der Waals surface area contributed by atoms with Gasteiger partial charge in [0.15, 0.2) is 0 Å². The van der Waals surface area contributed by atoms with E-state index in [2.05, 4.69) is 0 Å². The first-order valence-electron chi connectivity index (χ1n) is 5.93. The van der Waals surface area contributed by atoms with Crippen LogP contribution in [-0.2, 0) is 9.59 Å². The van der Waals surface area contributed by atoms with Crippen LogP contribution < -0.4 is 5.73 Å². The summed E-state index contributed by atoms with van der Waals surface area (Å²) < 4.78 is 0. The first-order chi connectivity index (χ1) is 9.00. The Morgan fingerprint density at radius 2 is 1.79 bits per heavy atom. The molecule has 5 nitrogen and oxygen atoms in total. The van der Waals surface area contributed by atoms with Crippen molar-refractivity contribution in [1.82, 2.24) is 0 Å². The smallest absolute Gasteiger partial charge is 0.320 e. The molecule has 0 fully saturated rings. The maximum absolute atomic E-state index is 11.0. The summed E-state index contributed by atoms with van der Waals surface area (Å²) in [7, 11) is 0. The third-order valence-corrected chi connectivity index (χ3v) is 2.74. The molecule has 0 amide bonds. The van der Waals surface area contributed by atoms with Crippen molar-refractivity contribution >= 4 is 18.0 Å². The van der Waals surface area contributed by atoms with Gasteiger partial charge in [-0.3, -0.25) is 9.59 Å². The van der Waals surface area contributed by atoms with Gasteiger partial charge in [-0.2, -0.15) is 0 Å². The average molecular weight is 263 g/mol. The molecule has 0 saturated carbocycles. The van der Waals surface area contributed by atoms with Crippen LogP contribution in [0.2, 0.25) is 0 Å². The monoisotopic (exact) mass is 263 g/mol. The van der Waals surface area contributed by atoms with Crippen molar-refractivity contribution in [3.8, 4) is 0 Å². The minimum Gasteiger partial charge on any atom is -0.481 e. The van der Waals surface area contributed by atoms with E-state index in [4.69, 9.17) is 15.9 Å². The molecule has 0 aliphatic heterocycles. The SMILES string of the molecule is N[C@H](C[C@@H](CC=Cc1ccccc1)C(=O)O)C(=O)O. The van der Waals surface area contributed by atoms with Gasteiger partial charge in [0.2, 0.25) is 0 Å². The number of carboxylic acid groups (broad SMARTS) is 2. The highest BCUT2D eigenvalue weighted by atomic mass is 16.4. The Balaban J connectivity index is 2.57. The average Bonchev–Trinajstić information content (AvgIpc) is 2.38. The number of carbonyl (C=O) groups is 2. The predicted molar refractivity (Wildman–Crippen MR) is 71.4 cm³/mol. The molecule has 0 aliphatic carbocycles. The molecule has 0 saturated heterocycles. The number of hydrogen-bond acceptors (Lipinski definition) is 3. The summed E-state index contributed by atoms with van der Waals surface area (Å²) in [5.74, 6) is -3.00. The summed E-state index contributed by atoms with van der Waals surface area (Å²) >= 11 is 0. The van der Waals surface area contributed by atoms with Crippen LogP contribution in [0.4, 0.5) is 0 Å². The van der Waals surface area contributed by atoms with Gasteiger partial charge < -0.3 is 15.9 Å². The Morgan fingerprint density at radius 1 is 1.16 bits per heavy atom. The van der Waals surface area contributed by atoms with Gasteiger partial charge in [0.1, 0.15) is 6.04 Å². The van der Waals surface area contributed by atoms with Gasteiger partial charge in [-0.25, -0.2) is 0 Å². The third kappa shape index (κ3) is 5.35. The Labute approximate surface area is 111 Å². The molecular weight excluding hydrogens is 246 g/mol. The van der Waals surface area contributed by atoms with Gasteiger partial charge in [0.25, 0.3) is 0 Å². The van der Waals surface area contributed by atoms with Crippen molar-refractivity contribution in [2.24, 2.45) is 11.7 Å². The lowest BCUT2D eigenvalue weighted by molar-refractivity contribution is -0.143. The maximum atomic E-state index is 11.0. The van der Waals surface area contributed by atoms with Crippen LogP contribution in [0, 0.1) is 5.92 Å². The lowest BCUT2D eigenvalue weighted by Crippen LogP contribution is -2.34. The molecule has 1 aromatic carbocycles. The molecule has 0 heterocycles. The maximum Gasteiger partial charge on any atom is 0.320 e. The molecule has 0 radical (unpaired) electrons. The summed E-state index contributed by atoms with van der Waals surface area (Å²) in [5.41, 5.74) is 6.32. The van der Waals surface area contributed by atoms with Crippen LogP contribution >= 0.6 is 0 Å². The van der Waals surface area contributed by atoms with Crippen LogP contribution in [0.3, 0.4) is 0 Å². The van der Waals surface area contributed by atoms with E-state index < -0.39 is 23.9 Å². The predicted octanol–water partition coefficient (Wildman–Crippen LogP) is 1.59. The van der Waals surface area contributed by atoms with Gasteiger partial charge in [-0.15, -0.1) is 0 Å². The van der Waals surface area contributed by atoms with E-state index in [1.165, 1.54) is 0 Å². The Kier molecular flexibility index (Phi) is 5.75. The zero-order chi connectivity index (χ0) is 14.3. The molecule has 102 valence electrons. The minimum absolute atomic E-state index is 0.0796. The molecule has 1 aromatic rings. The number of allylic oxidation sites excluding steroid dienone is 1. The van der Waals surface area contributed by atoms with Crippen LogP contribution in [0.25, 0.3) is 6.08 Å². The first kappa shape index (κ1) is 14.9. The molecule has 4 N–H and O–H groups in total. The highest BCUT2D eigenvalue weighted by Gasteiger charge is 2.23. The molecule has 1 rings (SSSR count). The first-order valence-corrected chi connectivity index (χ1v) is 5.93. The standard InChI is InChI=1S/C14H17NO4/c15-12(14(18)19)9-11(13(16)17)8-4-7-10-5-2-1-3-6-10/h1-7,11-12H,8-9,15H2,(H,16,17)(H,18,19)/t11-,12-/m1/s1. The third-order valence-electron chi connectivity index (χ3n) is 2.74. The molecule has 0 unspecified atom stereocenters. The Bertz CT molecular complexity index is 456. The number of nitrogens with two attached hydrogens (primary N) is 1. The van der Waals surface area contributed by atoms with Crippen LogP contribution in [0.1, 0.15) is 18.4 Å². The zero-order valence-corrected chi connectivity index (χ0v) is 10.4. The van der Waals surface area contributed by atoms with E-state index in [0.29, 0.717) is 0 Å². The lowest BCUT2D eigenvalue weighted by Gasteiger charge is -2.12. The van der Waals surface area contributed by atoms with Gasteiger partial charge in [0.05, 0.1) is 5.92 Å². The second-order valence-corrected chi connectivity index (χ2v) is 4.26. The van der Waals surface area contributed by atoms with Gasteiger partial charge in [-0.05, 0) is 18.4 Å². The second-order valence-electron chi connectivity index (χ2n) is 4.26. The van der Waals surface area contributed by atoms with E-state index in [-0.39, 0.29) is 12.8 Å². The van der Waals surface area contributed by atoms with Crippen molar-refractivity contribution in [1.29, 1.82) is 0 Å². The highest BCUT2D eigenvalue weighted by Crippen LogP contribution is 2.13. The molecule has 0 spiro atoms.